The Morgan fingerprint density at radius 1 is 1.12 bits per heavy atom. The number of aryl methyl sites for hydroxylation is 1. The number of nitrogens with one attached hydrogen (secondary N) is 1. The minimum atomic E-state index is -0.192. The molecular weight excluding hydrogens is 318 g/mol. The highest BCUT2D eigenvalue weighted by Crippen LogP contribution is 2.17. The lowest BCUT2D eigenvalue weighted by molar-refractivity contribution is -0.123. The number of hydrogen-bond donors (Lipinski definition) is 1. The number of carbonyl (C=O) groups excluding carboxylic acids is 1. The van der Waals surface area contributed by atoms with Crippen molar-refractivity contribution in [1.82, 2.24) is 14.7 Å². The fraction of sp³-hybridized carbons (Fsp3) is 0.263. The van der Waals surface area contributed by atoms with Crippen molar-refractivity contribution in [2.45, 2.75) is 20.4 Å². The summed E-state index contributed by atoms with van der Waals surface area (Å²) in [7, 11) is 0. The number of pyridine rings is 1. The van der Waals surface area contributed by atoms with Crippen molar-refractivity contribution in [3.63, 3.8) is 0 Å². The van der Waals surface area contributed by atoms with Crippen LogP contribution in [0.4, 0.5) is 0 Å². The lowest BCUT2D eigenvalue weighted by Crippen LogP contribution is -2.28. The van der Waals surface area contributed by atoms with Gasteiger partial charge in [0.2, 0.25) is 0 Å². The summed E-state index contributed by atoms with van der Waals surface area (Å²) in [6.45, 7) is 4.89. The Morgan fingerprint density at radius 2 is 1.84 bits per heavy atom. The highest BCUT2D eigenvalue weighted by atomic mass is 16.5. The van der Waals surface area contributed by atoms with Gasteiger partial charge in [-0.05, 0) is 50.2 Å². The third-order valence-corrected chi connectivity index (χ3v) is 3.72. The molecule has 0 bridgehead atoms. The zero-order chi connectivity index (χ0) is 17.6. The Labute approximate surface area is 146 Å². The molecule has 130 valence electrons. The van der Waals surface area contributed by atoms with Crippen molar-refractivity contribution < 1.29 is 14.3 Å². The first-order valence-corrected chi connectivity index (χ1v) is 8.21. The van der Waals surface area contributed by atoms with Crippen molar-refractivity contribution >= 4 is 11.6 Å². The number of amides is 1. The summed E-state index contributed by atoms with van der Waals surface area (Å²) in [6, 6.07) is 13.1. The molecule has 0 saturated carbocycles. The second-order valence-corrected chi connectivity index (χ2v) is 5.60. The number of imidazole rings is 1. The molecule has 0 aliphatic heterocycles. The van der Waals surface area contributed by atoms with Gasteiger partial charge in [-0.3, -0.25) is 4.79 Å². The van der Waals surface area contributed by atoms with Crippen LogP contribution in [-0.4, -0.2) is 28.5 Å². The van der Waals surface area contributed by atoms with Crippen molar-refractivity contribution in [3.8, 4) is 11.5 Å². The van der Waals surface area contributed by atoms with Gasteiger partial charge in [-0.15, -0.1) is 0 Å². The van der Waals surface area contributed by atoms with Gasteiger partial charge in [0.1, 0.15) is 17.1 Å². The highest BCUT2D eigenvalue weighted by Gasteiger charge is 2.06. The minimum Gasteiger partial charge on any atom is -0.494 e. The Kier molecular flexibility index (Phi) is 5.18. The molecule has 1 N–H and O–H groups in total. The highest BCUT2D eigenvalue weighted by molar-refractivity contribution is 5.77. The van der Waals surface area contributed by atoms with Crippen LogP contribution in [0.5, 0.6) is 11.5 Å². The van der Waals surface area contributed by atoms with Gasteiger partial charge in [-0.2, -0.15) is 0 Å². The average Bonchev–Trinajstić information content (AvgIpc) is 3.04. The van der Waals surface area contributed by atoms with Gasteiger partial charge in [0.15, 0.2) is 6.61 Å². The topological polar surface area (TPSA) is 64.9 Å². The van der Waals surface area contributed by atoms with E-state index in [2.05, 4.69) is 10.3 Å². The molecular formula is C19H21N3O3. The van der Waals surface area contributed by atoms with Gasteiger partial charge in [-0.1, -0.05) is 6.07 Å². The van der Waals surface area contributed by atoms with E-state index in [9.17, 15) is 4.79 Å². The first-order valence-electron chi connectivity index (χ1n) is 8.21. The number of rotatable bonds is 7. The van der Waals surface area contributed by atoms with E-state index >= 15 is 0 Å². The van der Waals surface area contributed by atoms with Gasteiger partial charge < -0.3 is 19.2 Å². The van der Waals surface area contributed by atoms with Crippen LogP contribution in [0.15, 0.2) is 48.7 Å². The molecule has 6 nitrogen and oxygen atoms in total. The van der Waals surface area contributed by atoms with Crippen LogP contribution < -0.4 is 14.8 Å². The van der Waals surface area contributed by atoms with Gasteiger partial charge in [0.25, 0.3) is 5.91 Å². The molecule has 25 heavy (non-hydrogen) atoms. The standard InChI is InChI=1S/C19H21N3O3/c1-3-24-16-7-9-17(10-8-16)25-13-19(23)20-11-15-12-22-14(2)5-4-6-18(22)21-15/h4-10,12H,3,11,13H2,1-2H3,(H,20,23). The van der Waals surface area contributed by atoms with Gasteiger partial charge in [0, 0.05) is 11.9 Å². The molecule has 0 fully saturated rings. The monoisotopic (exact) mass is 339 g/mol. The van der Waals surface area contributed by atoms with Gasteiger partial charge in [0.05, 0.1) is 18.8 Å². The third-order valence-electron chi connectivity index (χ3n) is 3.72. The van der Waals surface area contributed by atoms with E-state index in [1.165, 1.54) is 0 Å². The van der Waals surface area contributed by atoms with E-state index in [1.807, 2.05) is 54.8 Å². The quantitative estimate of drug-likeness (QED) is 0.719. The predicted molar refractivity (Wildman–Crippen MR) is 94.9 cm³/mol. The summed E-state index contributed by atoms with van der Waals surface area (Å²) in [5.74, 6) is 1.21. The molecule has 3 aromatic rings. The first-order chi connectivity index (χ1) is 12.2. The predicted octanol–water partition coefficient (Wildman–Crippen LogP) is 2.74. The zero-order valence-corrected chi connectivity index (χ0v) is 14.4. The van der Waals surface area contributed by atoms with Crippen LogP contribution in [-0.2, 0) is 11.3 Å². The molecule has 2 aromatic heterocycles. The average molecular weight is 339 g/mol. The van der Waals surface area contributed by atoms with Crippen LogP contribution >= 0.6 is 0 Å². The molecule has 3 rings (SSSR count). The van der Waals surface area contributed by atoms with Crippen molar-refractivity contribution in [1.29, 1.82) is 0 Å². The second kappa shape index (κ2) is 7.70. The van der Waals surface area contributed by atoms with E-state index in [4.69, 9.17) is 9.47 Å². The zero-order valence-electron chi connectivity index (χ0n) is 14.4. The maximum Gasteiger partial charge on any atom is 0.258 e. The Balaban J connectivity index is 1.49. The number of nitrogens with zero attached hydrogens (tertiary/aromatic N) is 2. The number of ether oxygens (including phenoxy) is 2. The molecule has 0 atom stereocenters. The maximum absolute atomic E-state index is 11.9. The molecule has 1 amide bonds. The summed E-state index contributed by atoms with van der Waals surface area (Å²) in [5, 5.41) is 2.82. The minimum absolute atomic E-state index is 0.0413. The Bertz CT molecular complexity index is 856. The van der Waals surface area contributed by atoms with Crippen LogP contribution in [0.1, 0.15) is 18.3 Å². The van der Waals surface area contributed by atoms with E-state index in [0.29, 0.717) is 18.9 Å². The van der Waals surface area contributed by atoms with Crippen molar-refractivity contribution in [3.05, 3.63) is 60.0 Å². The summed E-state index contributed by atoms with van der Waals surface area (Å²) in [4.78, 5) is 16.4. The van der Waals surface area contributed by atoms with E-state index in [-0.39, 0.29) is 12.5 Å². The summed E-state index contributed by atoms with van der Waals surface area (Å²) < 4.78 is 12.8. The van der Waals surface area contributed by atoms with Crippen molar-refractivity contribution in [2.24, 2.45) is 0 Å². The maximum atomic E-state index is 11.9. The summed E-state index contributed by atoms with van der Waals surface area (Å²) in [5.41, 5.74) is 2.78. The molecule has 6 heteroatoms. The van der Waals surface area contributed by atoms with Crippen LogP contribution in [0, 0.1) is 6.92 Å². The summed E-state index contributed by atoms with van der Waals surface area (Å²) in [6.07, 6.45) is 1.93. The number of aromatic nitrogens is 2. The molecule has 1 aromatic carbocycles. The van der Waals surface area contributed by atoms with E-state index < -0.39 is 0 Å². The van der Waals surface area contributed by atoms with Crippen LogP contribution in [0.3, 0.4) is 0 Å². The number of carbonyl (C=O) groups is 1. The van der Waals surface area contributed by atoms with E-state index in [0.717, 1.165) is 22.8 Å². The molecule has 0 spiro atoms. The fourth-order valence-electron chi connectivity index (χ4n) is 2.47. The lowest BCUT2D eigenvalue weighted by atomic mass is 10.3. The van der Waals surface area contributed by atoms with Crippen LogP contribution in [0.25, 0.3) is 5.65 Å². The second-order valence-electron chi connectivity index (χ2n) is 5.60. The van der Waals surface area contributed by atoms with Crippen molar-refractivity contribution in [2.75, 3.05) is 13.2 Å². The van der Waals surface area contributed by atoms with Gasteiger partial charge in [-0.25, -0.2) is 4.98 Å². The normalized spacial score (nSPS) is 10.6. The van der Waals surface area contributed by atoms with E-state index in [1.54, 1.807) is 12.1 Å². The molecule has 0 aliphatic rings. The number of benzene rings is 1. The number of fused-ring (bicyclic) bond motifs is 1. The summed E-state index contributed by atoms with van der Waals surface area (Å²) >= 11 is 0. The largest absolute Gasteiger partial charge is 0.494 e. The smallest absolute Gasteiger partial charge is 0.258 e. The molecule has 0 radical (unpaired) electrons. The first kappa shape index (κ1) is 16.8. The third kappa shape index (κ3) is 4.29. The molecule has 0 unspecified atom stereocenters. The molecule has 2 heterocycles. The molecule has 0 aliphatic carbocycles. The fourth-order valence-corrected chi connectivity index (χ4v) is 2.47. The lowest BCUT2D eigenvalue weighted by Gasteiger charge is -2.08. The van der Waals surface area contributed by atoms with Gasteiger partial charge >= 0.3 is 0 Å². The Morgan fingerprint density at radius 3 is 2.52 bits per heavy atom. The van der Waals surface area contributed by atoms with Crippen LogP contribution in [0.2, 0.25) is 0 Å². The number of hydrogen-bond acceptors (Lipinski definition) is 4. The Hall–Kier alpha value is -3.02. The SMILES string of the molecule is CCOc1ccc(OCC(=O)NCc2cn3c(C)cccc3n2)cc1. The molecule has 0 saturated heterocycles.